The fraction of sp³-hybridized carbons (Fsp3) is 0.364. The molecule has 2 heterocycles. The van der Waals surface area contributed by atoms with E-state index in [1.807, 2.05) is 36.4 Å². The van der Waals surface area contributed by atoms with Gasteiger partial charge in [0.15, 0.2) is 0 Å². The first-order valence-electron chi connectivity index (χ1n) is 9.65. The smallest absolute Gasteiger partial charge is 0.232 e. The summed E-state index contributed by atoms with van der Waals surface area (Å²) in [6.07, 6.45) is 2.62. The highest BCUT2D eigenvalue weighted by Gasteiger charge is 2.30. The zero-order valence-electron chi connectivity index (χ0n) is 15.6. The summed E-state index contributed by atoms with van der Waals surface area (Å²) in [5.74, 6) is 0.0777. The van der Waals surface area contributed by atoms with Gasteiger partial charge in [0.1, 0.15) is 0 Å². The van der Waals surface area contributed by atoms with E-state index in [9.17, 15) is 9.59 Å². The Balaban J connectivity index is 1.45. The Morgan fingerprint density at radius 1 is 1.07 bits per heavy atom. The number of nitrogens with one attached hydrogen (secondary N) is 2. The van der Waals surface area contributed by atoms with Crippen LogP contribution in [0, 0.1) is 5.92 Å². The number of fused-ring (bicyclic) bond motifs is 1. The summed E-state index contributed by atoms with van der Waals surface area (Å²) in [6, 6.07) is 15.5. The highest BCUT2D eigenvalue weighted by molar-refractivity contribution is 6.05. The van der Waals surface area contributed by atoms with Crippen molar-refractivity contribution in [1.82, 2.24) is 0 Å². The molecule has 0 aliphatic carbocycles. The average molecular weight is 363 g/mol. The number of benzene rings is 2. The van der Waals surface area contributed by atoms with Crippen molar-refractivity contribution in [2.75, 3.05) is 28.6 Å². The average Bonchev–Trinajstić information content (AvgIpc) is 2.68. The molecule has 2 aromatic rings. The van der Waals surface area contributed by atoms with Crippen LogP contribution in [0.15, 0.2) is 48.5 Å². The topological polar surface area (TPSA) is 61.4 Å². The molecular formula is C22H25N3O2. The fourth-order valence-corrected chi connectivity index (χ4v) is 3.90. The van der Waals surface area contributed by atoms with E-state index in [-0.39, 0.29) is 18.2 Å². The summed E-state index contributed by atoms with van der Waals surface area (Å²) in [6.45, 7) is 4.47. The van der Waals surface area contributed by atoms with E-state index < -0.39 is 5.92 Å². The van der Waals surface area contributed by atoms with Crippen LogP contribution in [-0.2, 0) is 9.59 Å². The van der Waals surface area contributed by atoms with Crippen LogP contribution in [0.3, 0.4) is 0 Å². The van der Waals surface area contributed by atoms with Gasteiger partial charge in [-0.3, -0.25) is 9.59 Å². The molecule has 4 rings (SSSR count). The van der Waals surface area contributed by atoms with Crippen molar-refractivity contribution in [1.29, 1.82) is 0 Å². The summed E-state index contributed by atoms with van der Waals surface area (Å²) >= 11 is 0. The third-order valence-electron chi connectivity index (χ3n) is 5.60. The third kappa shape index (κ3) is 3.82. The first-order valence-corrected chi connectivity index (χ1v) is 9.65. The minimum atomic E-state index is -0.460. The van der Waals surface area contributed by atoms with Crippen LogP contribution in [0.25, 0.3) is 0 Å². The number of piperidine rings is 1. The second-order valence-electron chi connectivity index (χ2n) is 7.60. The van der Waals surface area contributed by atoms with Crippen LogP contribution < -0.4 is 15.5 Å². The standard InChI is InChI=1S/C22H25N3O2/c1-15-10-12-25(13-11-15)17-8-6-16(7-9-17)23-22(27)19-14-21(26)24-20-5-3-2-4-18(19)20/h2-9,15,19H,10-14H2,1H3,(H,23,27)(H,24,26). The van der Waals surface area contributed by atoms with Gasteiger partial charge in [-0.05, 0) is 54.7 Å². The number of nitrogens with zero attached hydrogens (tertiary/aromatic N) is 1. The first kappa shape index (κ1) is 17.6. The SMILES string of the molecule is CC1CCN(c2ccc(NC(=O)C3CC(=O)Nc4ccccc43)cc2)CC1. The molecular weight excluding hydrogens is 338 g/mol. The van der Waals surface area contributed by atoms with Gasteiger partial charge in [-0.25, -0.2) is 0 Å². The fourth-order valence-electron chi connectivity index (χ4n) is 3.90. The minimum Gasteiger partial charge on any atom is -0.372 e. The van der Waals surface area contributed by atoms with E-state index in [0.717, 1.165) is 35.9 Å². The molecule has 1 unspecified atom stereocenters. The Morgan fingerprint density at radius 3 is 2.52 bits per heavy atom. The predicted molar refractivity (Wildman–Crippen MR) is 108 cm³/mol. The first-order chi connectivity index (χ1) is 13.1. The van der Waals surface area contributed by atoms with Gasteiger partial charge >= 0.3 is 0 Å². The van der Waals surface area contributed by atoms with Crippen LogP contribution >= 0.6 is 0 Å². The van der Waals surface area contributed by atoms with Crippen molar-refractivity contribution < 1.29 is 9.59 Å². The van der Waals surface area contributed by atoms with Gasteiger partial charge in [0.25, 0.3) is 0 Å². The lowest BCUT2D eigenvalue weighted by molar-refractivity contribution is -0.123. The van der Waals surface area contributed by atoms with Crippen molar-refractivity contribution in [3.05, 3.63) is 54.1 Å². The number of rotatable bonds is 3. The largest absolute Gasteiger partial charge is 0.372 e. The molecule has 2 aliphatic rings. The Morgan fingerprint density at radius 2 is 1.78 bits per heavy atom. The van der Waals surface area contributed by atoms with E-state index in [4.69, 9.17) is 0 Å². The van der Waals surface area contributed by atoms with Crippen LogP contribution in [0.1, 0.15) is 37.7 Å². The van der Waals surface area contributed by atoms with Crippen LogP contribution in [0.2, 0.25) is 0 Å². The number of carbonyl (C=O) groups excluding carboxylic acids is 2. The van der Waals surface area contributed by atoms with Crippen LogP contribution in [-0.4, -0.2) is 24.9 Å². The Bertz CT molecular complexity index is 839. The maximum atomic E-state index is 12.8. The van der Waals surface area contributed by atoms with E-state index in [0.29, 0.717) is 0 Å². The molecule has 27 heavy (non-hydrogen) atoms. The van der Waals surface area contributed by atoms with Crippen molar-refractivity contribution in [2.24, 2.45) is 5.92 Å². The lowest BCUT2D eigenvalue weighted by Gasteiger charge is -2.32. The monoisotopic (exact) mass is 363 g/mol. The molecule has 2 aliphatic heterocycles. The zero-order chi connectivity index (χ0) is 18.8. The Hall–Kier alpha value is -2.82. The van der Waals surface area contributed by atoms with Crippen LogP contribution in [0.4, 0.5) is 17.1 Å². The summed E-state index contributed by atoms with van der Waals surface area (Å²) in [7, 11) is 0. The molecule has 2 aromatic carbocycles. The molecule has 0 bridgehead atoms. The molecule has 1 atom stereocenters. The van der Waals surface area contributed by atoms with Crippen LogP contribution in [0.5, 0.6) is 0 Å². The van der Waals surface area contributed by atoms with E-state index in [1.54, 1.807) is 0 Å². The molecule has 0 aromatic heterocycles. The highest BCUT2D eigenvalue weighted by atomic mass is 16.2. The normalized spacial score (nSPS) is 20.0. The number of hydrogen-bond acceptors (Lipinski definition) is 3. The molecule has 2 N–H and O–H groups in total. The maximum Gasteiger partial charge on any atom is 0.232 e. The second kappa shape index (κ2) is 7.43. The molecule has 1 saturated heterocycles. The van der Waals surface area contributed by atoms with Gasteiger partial charge in [-0.2, -0.15) is 0 Å². The van der Waals surface area contributed by atoms with Crippen molar-refractivity contribution in [2.45, 2.75) is 32.1 Å². The maximum absolute atomic E-state index is 12.8. The summed E-state index contributed by atoms with van der Waals surface area (Å²) < 4.78 is 0. The van der Waals surface area contributed by atoms with Gasteiger partial charge < -0.3 is 15.5 Å². The Kier molecular flexibility index (Phi) is 4.84. The molecule has 140 valence electrons. The molecule has 1 fully saturated rings. The summed E-state index contributed by atoms with van der Waals surface area (Å²) in [5.41, 5.74) is 3.55. The Labute approximate surface area is 159 Å². The molecule has 0 saturated carbocycles. The number of hydrogen-bond donors (Lipinski definition) is 2. The molecule has 5 nitrogen and oxygen atoms in total. The lowest BCUT2D eigenvalue weighted by Crippen LogP contribution is -2.32. The second-order valence-corrected chi connectivity index (χ2v) is 7.60. The molecule has 5 heteroatoms. The van der Waals surface area contributed by atoms with Gasteiger partial charge in [-0.1, -0.05) is 25.1 Å². The lowest BCUT2D eigenvalue weighted by atomic mass is 9.90. The van der Waals surface area contributed by atoms with Crippen molar-refractivity contribution in [3.63, 3.8) is 0 Å². The third-order valence-corrected chi connectivity index (χ3v) is 5.60. The quantitative estimate of drug-likeness (QED) is 0.867. The molecule has 0 radical (unpaired) electrons. The molecule has 0 spiro atoms. The number of para-hydroxylation sites is 1. The van der Waals surface area contributed by atoms with E-state index in [1.165, 1.54) is 18.5 Å². The van der Waals surface area contributed by atoms with E-state index in [2.05, 4.69) is 34.6 Å². The number of amides is 2. The van der Waals surface area contributed by atoms with Gasteiger partial charge in [0.05, 0.1) is 5.92 Å². The number of anilines is 3. The van der Waals surface area contributed by atoms with Gasteiger partial charge in [0, 0.05) is 36.6 Å². The summed E-state index contributed by atoms with van der Waals surface area (Å²) in [5, 5.41) is 5.80. The van der Waals surface area contributed by atoms with Gasteiger partial charge in [-0.15, -0.1) is 0 Å². The van der Waals surface area contributed by atoms with Gasteiger partial charge in [0.2, 0.25) is 11.8 Å². The highest BCUT2D eigenvalue weighted by Crippen LogP contribution is 2.33. The van der Waals surface area contributed by atoms with Crippen molar-refractivity contribution in [3.8, 4) is 0 Å². The predicted octanol–water partition coefficient (Wildman–Crippen LogP) is 3.99. The summed E-state index contributed by atoms with van der Waals surface area (Å²) in [4.78, 5) is 27.1. The minimum absolute atomic E-state index is 0.122. The van der Waals surface area contributed by atoms with Crippen molar-refractivity contribution >= 4 is 28.9 Å². The zero-order valence-corrected chi connectivity index (χ0v) is 15.6. The molecule has 2 amide bonds. The van der Waals surface area contributed by atoms with E-state index >= 15 is 0 Å². The number of carbonyl (C=O) groups is 2.